The lowest BCUT2D eigenvalue weighted by Gasteiger charge is -2.10. The van der Waals surface area contributed by atoms with Gasteiger partial charge in [-0.05, 0) is 34.7 Å². The first kappa shape index (κ1) is 18.9. The monoisotopic (exact) mass is 478 g/mol. The minimum absolute atomic E-state index is 0.175. The van der Waals surface area contributed by atoms with Crippen molar-refractivity contribution in [3.8, 4) is 5.88 Å². The summed E-state index contributed by atoms with van der Waals surface area (Å²) >= 11 is 1.86. The maximum Gasteiger partial charge on any atom is 0.337 e. The number of carboxylic acids is 1. The summed E-state index contributed by atoms with van der Waals surface area (Å²) in [5.74, 6) is -1.44. The van der Waals surface area contributed by atoms with E-state index in [1.165, 1.54) is 25.3 Å². The maximum absolute atomic E-state index is 12.2. The highest BCUT2D eigenvalue weighted by molar-refractivity contribution is 14.1. The van der Waals surface area contributed by atoms with Crippen molar-refractivity contribution >= 4 is 50.6 Å². The molecule has 0 aliphatic rings. The molecule has 0 radical (unpaired) electrons. The van der Waals surface area contributed by atoms with E-state index >= 15 is 0 Å². The van der Waals surface area contributed by atoms with Gasteiger partial charge in [0, 0.05) is 6.07 Å². The molecule has 0 bridgehead atoms. The summed E-state index contributed by atoms with van der Waals surface area (Å²) in [7, 11) is -3.04. The number of anilines is 1. The molecule has 25 heavy (non-hydrogen) atoms. The summed E-state index contributed by atoms with van der Waals surface area (Å²) in [4.78, 5) is 30.3. The van der Waals surface area contributed by atoms with Crippen LogP contribution < -0.4 is 14.8 Å². The molecule has 0 saturated heterocycles. The van der Waals surface area contributed by atoms with Crippen LogP contribution in [0.25, 0.3) is 0 Å². The molecular weight excluding hydrogens is 467 g/mol. The molecule has 12 heteroatoms. The van der Waals surface area contributed by atoms with E-state index in [2.05, 4.69) is 15.3 Å². The van der Waals surface area contributed by atoms with Crippen molar-refractivity contribution < 1.29 is 27.9 Å². The molecule has 0 unspecified atom stereocenters. The fourth-order valence-electron chi connectivity index (χ4n) is 1.74. The van der Waals surface area contributed by atoms with Crippen LogP contribution in [0.5, 0.6) is 5.88 Å². The van der Waals surface area contributed by atoms with Crippen LogP contribution in [-0.4, -0.2) is 42.6 Å². The zero-order valence-corrected chi connectivity index (χ0v) is 15.5. The van der Waals surface area contributed by atoms with E-state index in [0.717, 1.165) is 12.1 Å². The number of sulfonamides is 1. The van der Waals surface area contributed by atoms with Gasteiger partial charge in [-0.1, -0.05) is 12.1 Å². The van der Waals surface area contributed by atoms with E-state index in [1.54, 1.807) is 4.72 Å². The van der Waals surface area contributed by atoms with E-state index < -0.39 is 32.5 Å². The smallest absolute Gasteiger partial charge is 0.337 e. The first-order chi connectivity index (χ1) is 11.7. The van der Waals surface area contributed by atoms with Crippen LogP contribution in [-0.2, 0) is 10.0 Å². The van der Waals surface area contributed by atoms with Crippen molar-refractivity contribution in [2.24, 2.45) is 0 Å². The molecule has 1 aromatic carbocycles. The Morgan fingerprint density at radius 2 is 1.92 bits per heavy atom. The number of aromatic carboxylic acids is 1. The van der Waals surface area contributed by atoms with Crippen molar-refractivity contribution in [3.63, 3.8) is 0 Å². The molecule has 2 rings (SSSR count). The van der Waals surface area contributed by atoms with Gasteiger partial charge in [-0.15, -0.1) is 0 Å². The first-order valence-electron chi connectivity index (χ1n) is 6.47. The molecule has 2 amide bonds. The number of hydrogen-bond donors (Lipinski definition) is 3. The first-order valence-corrected chi connectivity index (χ1v) is 9.04. The summed E-state index contributed by atoms with van der Waals surface area (Å²) in [5, 5.41) is 11.2. The predicted molar refractivity (Wildman–Crippen MR) is 94.0 cm³/mol. The molecule has 0 saturated carbocycles. The van der Waals surface area contributed by atoms with Crippen LogP contribution in [0, 0.1) is 3.70 Å². The second kappa shape index (κ2) is 7.60. The van der Waals surface area contributed by atoms with E-state index in [1.807, 2.05) is 22.6 Å². The van der Waals surface area contributed by atoms with E-state index in [9.17, 15) is 18.0 Å². The van der Waals surface area contributed by atoms with Gasteiger partial charge in [-0.25, -0.2) is 27.7 Å². The van der Waals surface area contributed by atoms with E-state index in [4.69, 9.17) is 9.84 Å². The van der Waals surface area contributed by atoms with Crippen LogP contribution in [0.4, 0.5) is 10.7 Å². The molecule has 0 atom stereocenters. The Bertz CT molecular complexity index is 934. The number of amides is 2. The van der Waals surface area contributed by atoms with Gasteiger partial charge in [0.25, 0.3) is 10.0 Å². The fraction of sp³-hybridized carbons (Fsp3) is 0.0769. The zero-order chi connectivity index (χ0) is 18.6. The Balaban J connectivity index is 2.23. The molecular formula is C13H11IN4O6S. The molecule has 2 aromatic rings. The maximum atomic E-state index is 12.2. The van der Waals surface area contributed by atoms with Gasteiger partial charge in [0.15, 0.2) is 0 Å². The van der Waals surface area contributed by atoms with Crippen molar-refractivity contribution in [3.05, 3.63) is 39.6 Å². The number of rotatable bonds is 5. The Kier molecular flexibility index (Phi) is 5.73. The van der Waals surface area contributed by atoms with Crippen LogP contribution in [0.15, 0.2) is 35.2 Å². The summed E-state index contributed by atoms with van der Waals surface area (Å²) in [6, 6.07) is 5.25. The van der Waals surface area contributed by atoms with Gasteiger partial charge < -0.3 is 9.84 Å². The number of halogens is 1. The number of methoxy groups -OCH3 is 1. The lowest BCUT2D eigenvalue weighted by Crippen LogP contribution is -2.35. The number of nitrogens with one attached hydrogen (secondary N) is 2. The number of carbonyl (C=O) groups is 2. The average Bonchev–Trinajstić information content (AvgIpc) is 2.53. The second-order valence-corrected chi connectivity index (χ2v) is 7.17. The number of aromatic nitrogens is 2. The lowest BCUT2D eigenvalue weighted by molar-refractivity contribution is 0.0692. The zero-order valence-electron chi connectivity index (χ0n) is 12.6. The van der Waals surface area contributed by atoms with E-state index in [-0.39, 0.29) is 11.8 Å². The molecule has 0 aliphatic heterocycles. The molecule has 0 fully saturated rings. The molecule has 10 nitrogen and oxygen atoms in total. The number of nitrogens with zero attached hydrogens (tertiary/aromatic N) is 2. The topological polar surface area (TPSA) is 148 Å². The third kappa shape index (κ3) is 4.76. The largest absolute Gasteiger partial charge is 0.481 e. The molecule has 1 heterocycles. The highest BCUT2D eigenvalue weighted by atomic mass is 127. The van der Waals surface area contributed by atoms with Gasteiger partial charge in [-0.3, -0.25) is 5.32 Å². The number of hydrogen-bond acceptors (Lipinski definition) is 7. The van der Waals surface area contributed by atoms with Gasteiger partial charge in [0.05, 0.1) is 12.7 Å². The number of ether oxygens (including phenoxy) is 1. The van der Waals surface area contributed by atoms with Crippen molar-refractivity contribution in [2.75, 3.05) is 12.4 Å². The highest BCUT2D eigenvalue weighted by Crippen LogP contribution is 2.16. The van der Waals surface area contributed by atoms with Gasteiger partial charge >= 0.3 is 12.0 Å². The SMILES string of the molecule is COc1cc(I)nc(NC(=O)NS(=O)(=O)c2ccccc2C(=O)O)n1. The number of carbonyl (C=O) groups excluding carboxylic acids is 1. The van der Waals surface area contributed by atoms with Crippen molar-refractivity contribution in [2.45, 2.75) is 4.90 Å². The van der Waals surface area contributed by atoms with Gasteiger partial charge in [0.1, 0.15) is 8.60 Å². The summed E-state index contributed by atoms with van der Waals surface area (Å²) in [6.07, 6.45) is 0. The fourth-order valence-corrected chi connectivity index (χ4v) is 3.34. The third-order valence-corrected chi connectivity index (χ3v) is 4.68. The Labute approximate surface area is 155 Å². The minimum Gasteiger partial charge on any atom is -0.481 e. The van der Waals surface area contributed by atoms with Gasteiger partial charge in [-0.2, -0.15) is 4.98 Å². The normalized spacial score (nSPS) is 10.8. The minimum atomic E-state index is -4.41. The Hall–Kier alpha value is -2.48. The highest BCUT2D eigenvalue weighted by Gasteiger charge is 2.24. The molecule has 132 valence electrons. The summed E-state index contributed by atoms with van der Waals surface area (Å²) in [6.45, 7) is 0. The average molecular weight is 478 g/mol. The number of urea groups is 1. The van der Waals surface area contributed by atoms with Crippen molar-refractivity contribution in [1.29, 1.82) is 0 Å². The Morgan fingerprint density at radius 1 is 1.24 bits per heavy atom. The lowest BCUT2D eigenvalue weighted by atomic mass is 10.2. The molecule has 0 aliphatic carbocycles. The van der Waals surface area contributed by atoms with Crippen LogP contribution in [0.3, 0.4) is 0 Å². The third-order valence-electron chi connectivity index (χ3n) is 2.74. The standard InChI is InChI=1S/C13H11IN4O6S/c1-24-10-6-9(14)15-12(16-10)17-13(21)18-25(22,23)8-5-3-2-4-7(8)11(19)20/h2-6H,1H3,(H,19,20)(H2,15,16,17,18,21). The molecule has 0 spiro atoms. The summed E-state index contributed by atoms with van der Waals surface area (Å²) in [5.41, 5.74) is -0.463. The quantitative estimate of drug-likeness (QED) is 0.431. The van der Waals surface area contributed by atoms with Crippen LogP contribution in [0.1, 0.15) is 10.4 Å². The van der Waals surface area contributed by atoms with Gasteiger partial charge in [0.2, 0.25) is 11.8 Å². The Morgan fingerprint density at radius 3 is 2.56 bits per heavy atom. The summed E-state index contributed by atoms with van der Waals surface area (Å²) < 4.78 is 31.6. The van der Waals surface area contributed by atoms with Crippen molar-refractivity contribution in [1.82, 2.24) is 14.7 Å². The van der Waals surface area contributed by atoms with Crippen LogP contribution in [0.2, 0.25) is 0 Å². The molecule has 3 N–H and O–H groups in total. The number of benzene rings is 1. The molecule has 1 aromatic heterocycles. The predicted octanol–water partition coefficient (Wildman–Crippen LogP) is 1.30. The second-order valence-electron chi connectivity index (χ2n) is 4.42. The van der Waals surface area contributed by atoms with Crippen LogP contribution >= 0.6 is 22.6 Å². The number of carboxylic acid groups (broad SMARTS) is 1. The van der Waals surface area contributed by atoms with E-state index in [0.29, 0.717) is 3.70 Å².